The van der Waals surface area contributed by atoms with Crippen LogP contribution in [-0.4, -0.2) is 5.78 Å². The van der Waals surface area contributed by atoms with Crippen LogP contribution >= 0.6 is 0 Å². The summed E-state index contributed by atoms with van der Waals surface area (Å²) in [4.78, 5) is 11.7. The molecule has 0 aliphatic heterocycles. The molecule has 86 valence electrons. The van der Waals surface area contributed by atoms with Gasteiger partial charge in [-0.1, -0.05) is 18.6 Å². The summed E-state index contributed by atoms with van der Waals surface area (Å²) in [5, 5.41) is 0. The van der Waals surface area contributed by atoms with Crippen LogP contribution in [0.2, 0.25) is 0 Å². The second-order valence-corrected chi connectivity index (χ2v) is 4.36. The van der Waals surface area contributed by atoms with Crippen LogP contribution in [0.3, 0.4) is 0 Å². The zero-order chi connectivity index (χ0) is 11.7. The van der Waals surface area contributed by atoms with Crippen LogP contribution in [-0.2, 0) is 4.79 Å². The van der Waals surface area contributed by atoms with Gasteiger partial charge >= 0.3 is 0 Å². The van der Waals surface area contributed by atoms with Gasteiger partial charge in [-0.3, -0.25) is 4.79 Å². The Morgan fingerprint density at radius 3 is 2.62 bits per heavy atom. The van der Waals surface area contributed by atoms with Gasteiger partial charge in [-0.25, -0.2) is 8.78 Å². The van der Waals surface area contributed by atoms with Gasteiger partial charge in [0.2, 0.25) is 0 Å². The molecule has 0 N–H and O–H groups in total. The summed E-state index contributed by atoms with van der Waals surface area (Å²) in [6.07, 6.45) is 2.90. The van der Waals surface area contributed by atoms with Gasteiger partial charge < -0.3 is 0 Å². The van der Waals surface area contributed by atoms with E-state index in [0.717, 1.165) is 12.8 Å². The highest BCUT2D eigenvalue weighted by molar-refractivity contribution is 5.86. The Morgan fingerprint density at radius 1 is 1.19 bits per heavy atom. The van der Waals surface area contributed by atoms with Crippen molar-refractivity contribution in [1.29, 1.82) is 0 Å². The first kappa shape index (κ1) is 11.2. The average molecular weight is 224 g/mol. The molecule has 3 heteroatoms. The smallest absolute Gasteiger partial charge is 0.163 e. The van der Waals surface area contributed by atoms with E-state index in [1.165, 1.54) is 13.0 Å². The normalized spacial score (nSPS) is 21.2. The van der Waals surface area contributed by atoms with Gasteiger partial charge in [0.05, 0.1) is 0 Å². The molecule has 2 rings (SSSR count). The molecule has 0 aromatic heterocycles. The minimum atomic E-state index is -0.847. The van der Waals surface area contributed by atoms with Crippen molar-refractivity contribution in [3.05, 3.63) is 34.9 Å². The quantitative estimate of drug-likeness (QED) is 0.713. The maximum Gasteiger partial charge on any atom is 0.163 e. The molecule has 0 spiro atoms. The molecule has 0 radical (unpaired) electrons. The van der Waals surface area contributed by atoms with Crippen LogP contribution in [0.1, 0.15) is 42.7 Å². The van der Waals surface area contributed by atoms with Gasteiger partial charge in [0, 0.05) is 17.9 Å². The monoisotopic (exact) mass is 224 g/mol. The molecule has 1 aromatic carbocycles. The lowest BCUT2D eigenvalue weighted by Crippen LogP contribution is -2.18. The second-order valence-electron chi connectivity index (χ2n) is 4.36. The fraction of sp³-hybridized carbons (Fsp3) is 0.462. The molecule has 0 bridgehead atoms. The summed E-state index contributed by atoms with van der Waals surface area (Å²) in [6.45, 7) is 1.52. The van der Waals surface area contributed by atoms with Crippen molar-refractivity contribution in [1.82, 2.24) is 0 Å². The molecule has 1 nitrogen and oxygen atoms in total. The number of halogens is 2. The number of benzene rings is 1. The number of rotatable bonds is 1. The van der Waals surface area contributed by atoms with E-state index in [2.05, 4.69) is 0 Å². The number of Topliss-reactive ketones (excluding diaryl/α,β-unsaturated/α-hetero) is 1. The first-order valence-corrected chi connectivity index (χ1v) is 5.58. The number of carbonyl (C=O) groups excluding carboxylic acids is 1. The first-order valence-electron chi connectivity index (χ1n) is 5.58. The van der Waals surface area contributed by atoms with Crippen molar-refractivity contribution in [2.45, 2.75) is 38.5 Å². The minimum Gasteiger partial charge on any atom is -0.299 e. The van der Waals surface area contributed by atoms with Crippen molar-refractivity contribution in [2.75, 3.05) is 0 Å². The molecular weight excluding hydrogens is 210 g/mol. The fourth-order valence-corrected chi connectivity index (χ4v) is 2.24. The van der Waals surface area contributed by atoms with Crippen LogP contribution in [0.4, 0.5) is 8.78 Å². The molecular formula is C13H14F2O. The Hall–Kier alpha value is -1.25. The predicted octanol–water partition coefficient (Wildman–Crippen LogP) is 3.50. The molecule has 0 saturated heterocycles. The van der Waals surface area contributed by atoms with Crippen LogP contribution in [0.5, 0.6) is 0 Å². The van der Waals surface area contributed by atoms with Crippen LogP contribution in [0.15, 0.2) is 12.1 Å². The largest absolute Gasteiger partial charge is 0.299 e. The average Bonchev–Trinajstić information content (AvgIpc) is 2.28. The lowest BCUT2D eigenvalue weighted by Gasteiger charge is -2.21. The highest BCUT2D eigenvalue weighted by Crippen LogP contribution is 2.32. The van der Waals surface area contributed by atoms with Crippen LogP contribution in [0, 0.1) is 18.6 Å². The Morgan fingerprint density at radius 2 is 1.94 bits per heavy atom. The van der Waals surface area contributed by atoms with Gasteiger partial charge in [0.1, 0.15) is 5.78 Å². The zero-order valence-corrected chi connectivity index (χ0v) is 9.22. The Balaban J connectivity index is 2.40. The van der Waals surface area contributed by atoms with Crippen molar-refractivity contribution in [3.63, 3.8) is 0 Å². The molecule has 1 aromatic rings. The van der Waals surface area contributed by atoms with Gasteiger partial charge in [-0.05, 0) is 25.3 Å². The third kappa shape index (κ3) is 1.86. The summed E-state index contributed by atoms with van der Waals surface area (Å²) in [7, 11) is 0. The van der Waals surface area contributed by atoms with Crippen LogP contribution in [0.25, 0.3) is 0 Å². The summed E-state index contributed by atoms with van der Waals surface area (Å²) < 4.78 is 27.1. The van der Waals surface area contributed by atoms with Gasteiger partial charge in [-0.2, -0.15) is 0 Å². The summed E-state index contributed by atoms with van der Waals surface area (Å²) in [5.41, 5.74) is 0.511. The first-order chi connectivity index (χ1) is 7.61. The molecule has 0 heterocycles. The number of ketones is 1. The summed E-state index contributed by atoms with van der Waals surface area (Å²) >= 11 is 0. The van der Waals surface area contributed by atoms with Crippen molar-refractivity contribution < 1.29 is 13.6 Å². The van der Waals surface area contributed by atoms with E-state index >= 15 is 0 Å². The van der Waals surface area contributed by atoms with E-state index in [4.69, 9.17) is 0 Å². The molecule has 1 atom stereocenters. The third-order valence-corrected chi connectivity index (χ3v) is 3.24. The van der Waals surface area contributed by atoms with E-state index in [-0.39, 0.29) is 16.9 Å². The van der Waals surface area contributed by atoms with E-state index in [0.29, 0.717) is 12.8 Å². The Labute approximate surface area is 93.5 Å². The molecule has 0 amide bonds. The predicted molar refractivity (Wildman–Crippen MR) is 57.3 cm³/mol. The van der Waals surface area contributed by atoms with Gasteiger partial charge in [-0.15, -0.1) is 0 Å². The Kier molecular flexibility index (Phi) is 3.03. The second kappa shape index (κ2) is 4.32. The number of hydrogen-bond donors (Lipinski definition) is 0. The maximum absolute atomic E-state index is 13.7. The minimum absolute atomic E-state index is 0.0356. The maximum atomic E-state index is 13.7. The third-order valence-electron chi connectivity index (χ3n) is 3.24. The Bertz CT molecular complexity index is 426. The topological polar surface area (TPSA) is 17.1 Å². The lowest BCUT2D eigenvalue weighted by molar-refractivity contribution is -0.121. The number of carbonyl (C=O) groups is 1. The van der Waals surface area contributed by atoms with E-state index < -0.39 is 17.6 Å². The highest BCUT2D eigenvalue weighted by atomic mass is 19.2. The van der Waals surface area contributed by atoms with Crippen molar-refractivity contribution >= 4 is 5.78 Å². The molecule has 16 heavy (non-hydrogen) atoms. The van der Waals surface area contributed by atoms with Crippen LogP contribution < -0.4 is 0 Å². The molecule has 1 aliphatic rings. The number of hydrogen-bond acceptors (Lipinski definition) is 1. The van der Waals surface area contributed by atoms with Gasteiger partial charge in [0.25, 0.3) is 0 Å². The van der Waals surface area contributed by atoms with Gasteiger partial charge in [0.15, 0.2) is 11.6 Å². The number of aryl methyl sites for hydroxylation is 1. The standard InChI is InChI=1S/C13H14F2O/c1-8-6-7-10(13(15)12(8)14)9-4-2-3-5-11(9)16/h6-7,9H,2-5H2,1H3. The molecule has 1 fully saturated rings. The van der Waals surface area contributed by atoms with E-state index in [1.807, 2.05) is 0 Å². The molecule has 1 unspecified atom stereocenters. The summed E-state index contributed by atoms with van der Waals surface area (Å²) in [6, 6.07) is 3.08. The SMILES string of the molecule is Cc1ccc(C2CCCCC2=O)c(F)c1F. The van der Waals surface area contributed by atoms with Crippen molar-refractivity contribution in [3.8, 4) is 0 Å². The molecule has 1 saturated carbocycles. The molecule has 1 aliphatic carbocycles. The zero-order valence-electron chi connectivity index (χ0n) is 9.22. The lowest BCUT2D eigenvalue weighted by atomic mass is 9.82. The van der Waals surface area contributed by atoms with Crippen molar-refractivity contribution in [2.24, 2.45) is 0 Å². The highest BCUT2D eigenvalue weighted by Gasteiger charge is 2.27. The van der Waals surface area contributed by atoms with E-state index in [1.54, 1.807) is 6.07 Å². The summed E-state index contributed by atoms with van der Waals surface area (Å²) in [5.74, 6) is -2.08. The fourth-order valence-electron chi connectivity index (χ4n) is 2.24. The van der Waals surface area contributed by atoms with E-state index in [9.17, 15) is 13.6 Å².